The predicted molar refractivity (Wildman–Crippen MR) is 73.7 cm³/mol. The van der Waals surface area contributed by atoms with Crippen LogP contribution in [0, 0.1) is 10.1 Å². The first-order chi connectivity index (χ1) is 8.97. The van der Waals surface area contributed by atoms with Gasteiger partial charge in [0.15, 0.2) is 0 Å². The third kappa shape index (κ3) is 3.16. The number of halogens is 1. The Morgan fingerprint density at radius 2 is 2.37 bits per heavy atom. The number of carbonyl (C=O) groups excluding carboxylic acids is 1. The molecule has 8 heteroatoms. The van der Waals surface area contributed by atoms with Crippen LogP contribution < -0.4 is 5.32 Å². The first-order valence-corrected chi connectivity index (χ1v) is 7.21. The molecular weight excluding hydrogens is 290 g/mol. The quantitative estimate of drug-likeness (QED) is 0.512. The van der Waals surface area contributed by atoms with Crippen LogP contribution in [0.4, 0.5) is 5.69 Å². The van der Waals surface area contributed by atoms with Gasteiger partial charge in [-0.15, -0.1) is 0 Å². The van der Waals surface area contributed by atoms with Crippen molar-refractivity contribution in [3.05, 3.63) is 33.1 Å². The second-order valence-electron chi connectivity index (χ2n) is 4.35. The van der Waals surface area contributed by atoms with E-state index in [1.54, 1.807) is 11.8 Å². The molecule has 1 aromatic heterocycles. The van der Waals surface area contributed by atoms with Crippen LogP contribution in [0.2, 0.25) is 5.15 Å². The van der Waals surface area contributed by atoms with Gasteiger partial charge >= 0.3 is 0 Å². The Labute approximate surface area is 119 Å². The summed E-state index contributed by atoms with van der Waals surface area (Å²) in [5.74, 6) is -0.490. The van der Waals surface area contributed by atoms with E-state index in [0.29, 0.717) is 6.54 Å². The first-order valence-electron chi connectivity index (χ1n) is 5.61. The summed E-state index contributed by atoms with van der Waals surface area (Å²) in [6.45, 7) is 0.504. The molecule has 1 amide bonds. The van der Waals surface area contributed by atoms with Crippen molar-refractivity contribution in [3.8, 4) is 0 Å². The fourth-order valence-corrected chi connectivity index (χ4v) is 2.56. The molecule has 0 unspecified atom stereocenters. The van der Waals surface area contributed by atoms with Crippen LogP contribution in [0.15, 0.2) is 12.3 Å². The van der Waals surface area contributed by atoms with E-state index >= 15 is 0 Å². The number of carbonyl (C=O) groups is 1. The largest absolute Gasteiger partial charge is 0.350 e. The zero-order valence-electron chi connectivity index (χ0n) is 10.2. The first kappa shape index (κ1) is 14.1. The molecule has 2 rings (SSSR count). The van der Waals surface area contributed by atoms with Gasteiger partial charge in [-0.2, -0.15) is 11.8 Å². The molecule has 1 aliphatic carbocycles. The van der Waals surface area contributed by atoms with Gasteiger partial charge in [-0.25, -0.2) is 4.98 Å². The number of aromatic nitrogens is 1. The molecule has 1 aliphatic rings. The normalized spacial score (nSPS) is 15.9. The Bertz CT molecular complexity index is 534. The molecule has 0 radical (unpaired) electrons. The maximum Gasteiger partial charge on any atom is 0.300 e. The van der Waals surface area contributed by atoms with Gasteiger partial charge in [0.25, 0.3) is 11.6 Å². The van der Waals surface area contributed by atoms with Gasteiger partial charge in [0.1, 0.15) is 16.9 Å². The van der Waals surface area contributed by atoms with Crippen LogP contribution in [-0.2, 0) is 0 Å². The maximum absolute atomic E-state index is 12.0. The van der Waals surface area contributed by atoms with Crippen LogP contribution in [-0.4, -0.2) is 33.4 Å². The number of hydrogen-bond acceptors (Lipinski definition) is 5. The highest BCUT2D eigenvalue weighted by Gasteiger charge is 2.42. The maximum atomic E-state index is 12.0. The summed E-state index contributed by atoms with van der Waals surface area (Å²) in [6, 6.07) is 1.22. The average Bonchev–Trinajstić information content (AvgIpc) is 3.16. The molecule has 1 N–H and O–H groups in total. The molecule has 0 aliphatic heterocycles. The van der Waals surface area contributed by atoms with Crippen LogP contribution in [0.3, 0.4) is 0 Å². The monoisotopic (exact) mass is 301 g/mol. The minimum atomic E-state index is -0.639. The van der Waals surface area contributed by atoms with Crippen LogP contribution in [0.5, 0.6) is 0 Å². The smallest absolute Gasteiger partial charge is 0.300 e. The van der Waals surface area contributed by atoms with Gasteiger partial charge in [-0.3, -0.25) is 14.9 Å². The van der Waals surface area contributed by atoms with Crippen molar-refractivity contribution in [1.29, 1.82) is 0 Å². The number of pyridine rings is 1. The lowest BCUT2D eigenvalue weighted by atomic mass is 10.2. The molecule has 0 saturated heterocycles. The lowest BCUT2D eigenvalue weighted by Crippen LogP contribution is -2.32. The molecular formula is C11H12ClN3O3S. The Balaban J connectivity index is 2.14. The fourth-order valence-electron chi connectivity index (χ4n) is 1.68. The molecule has 1 saturated carbocycles. The van der Waals surface area contributed by atoms with E-state index in [2.05, 4.69) is 10.3 Å². The van der Waals surface area contributed by atoms with E-state index in [-0.39, 0.29) is 21.2 Å². The highest BCUT2D eigenvalue weighted by molar-refractivity contribution is 8.00. The summed E-state index contributed by atoms with van der Waals surface area (Å²) in [4.78, 5) is 25.8. The highest BCUT2D eigenvalue weighted by atomic mass is 35.5. The molecule has 102 valence electrons. The molecule has 0 aromatic carbocycles. The molecule has 1 fully saturated rings. The second-order valence-corrected chi connectivity index (χ2v) is 6.01. The molecule has 0 spiro atoms. The minimum Gasteiger partial charge on any atom is -0.350 e. The summed E-state index contributed by atoms with van der Waals surface area (Å²) in [5.41, 5.74) is -0.391. The van der Waals surface area contributed by atoms with Crippen molar-refractivity contribution >= 4 is 35.0 Å². The Hall–Kier alpha value is -1.34. The number of nitrogens with zero attached hydrogens (tertiary/aromatic N) is 2. The number of thioether (sulfide) groups is 1. The van der Waals surface area contributed by atoms with Crippen molar-refractivity contribution in [1.82, 2.24) is 10.3 Å². The second kappa shape index (κ2) is 5.34. The summed E-state index contributed by atoms with van der Waals surface area (Å²) < 4.78 is 0.0985. The summed E-state index contributed by atoms with van der Waals surface area (Å²) in [7, 11) is 0. The topological polar surface area (TPSA) is 85.1 Å². The third-order valence-corrected chi connectivity index (χ3v) is 4.73. The number of nitrogens with one attached hydrogen (secondary N) is 1. The minimum absolute atomic E-state index is 0.0538. The Kier molecular flexibility index (Phi) is 3.96. The van der Waals surface area contributed by atoms with E-state index in [9.17, 15) is 14.9 Å². The lowest BCUT2D eigenvalue weighted by molar-refractivity contribution is -0.385. The standard InChI is InChI=1S/C11H12ClN3O3S/c1-19-11(2-3-11)6-14-10(16)7-4-9(12)13-5-8(7)15(17)18/h4-5H,2-3,6H2,1H3,(H,14,16). The van der Waals surface area contributed by atoms with E-state index in [1.807, 2.05) is 6.26 Å². The average molecular weight is 302 g/mol. The van der Waals surface area contributed by atoms with Crippen molar-refractivity contribution in [2.75, 3.05) is 12.8 Å². The van der Waals surface area contributed by atoms with E-state index in [1.165, 1.54) is 6.07 Å². The SMILES string of the molecule is CSC1(CNC(=O)c2cc(Cl)ncc2[N+](=O)[O-])CC1. The lowest BCUT2D eigenvalue weighted by Gasteiger charge is -2.13. The Morgan fingerprint density at radius 3 is 2.89 bits per heavy atom. The Morgan fingerprint density at radius 1 is 1.68 bits per heavy atom. The van der Waals surface area contributed by atoms with Crippen molar-refractivity contribution in [3.63, 3.8) is 0 Å². The number of rotatable bonds is 5. The van der Waals surface area contributed by atoms with Gasteiger partial charge < -0.3 is 5.32 Å². The number of amides is 1. The van der Waals surface area contributed by atoms with E-state index < -0.39 is 10.8 Å². The molecule has 0 bridgehead atoms. The molecule has 1 heterocycles. The van der Waals surface area contributed by atoms with Gasteiger partial charge in [0, 0.05) is 11.3 Å². The van der Waals surface area contributed by atoms with Gasteiger partial charge in [0.05, 0.1) is 4.92 Å². The van der Waals surface area contributed by atoms with Crippen molar-refractivity contribution < 1.29 is 9.72 Å². The van der Waals surface area contributed by atoms with Gasteiger partial charge in [0.2, 0.25) is 0 Å². The van der Waals surface area contributed by atoms with E-state index in [0.717, 1.165) is 19.0 Å². The van der Waals surface area contributed by atoms with Gasteiger partial charge in [-0.05, 0) is 25.2 Å². The molecule has 0 atom stereocenters. The summed E-state index contributed by atoms with van der Waals surface area (Å²) in [6.07, 6.45) is 5.09. The highest BCUT2D eigenvalue weighted by Crippen LogP contribution is 2.46. The summed E-state index contributed by atoms with van der Waals surface area (Å²) in [5, 5.41) is 13.6. The summed E-state index contributed by atoms with van der Waals surface area (Å²) >= 11 is 7.38. The predicted octanol–water partition coefficient (Wildman–Crippen LogP) is 2.27. The molecule has 6 nitrogen and oxygen atoms in total. The van der Waals surface area contributed by atoms with Crippen LogP contribution >= 0.6 is 23.4 Å². The van der Waals surface area contributed by atoms with Crippen molar-refractivity contribution in [2.24, 2.45) is 0 Å². The van der Waals surface area contributed by atoms with Crippen molar-refractivity contribution in [2.45, 2.75) is 17.6 Å². The number of nitro groups is 1. The zero-order valence-corrected chi connectivity index (χ0v) is 11.8. The number of hydrogen-bond donors (Lipinski definition) is 1. The third-order valence-electron chi connectivity index (χ3n) is 3.10. The molecule has 1 aromatic rings. The van der Waals surface area contributed by atoms with Gasteiger partial charge in [-0.1, -0.05) is 11.6 Å². The zero-order chi connectivity index (χ0) is 14.0. The van der Waals surface area contributed by atoms with Crippen LogP contribution in [0.25, 0.3) is 0 Å². The van der Waals surface area contributed by atoms with Crippen LogP contribution in [0.1, 0.15) is 23.2 Å². The van der Waals surface area contributed by atoms with E-state index in [4.69, 9.17) is 11.6 Å². The fraction of sp³-hybridized carbons (Fsp3) is 0.455. The molecule has 19 heavy (non-hydrogen) atoms.